The van der Waals surface area contributed by atoms with Crippen LogP contribution in [0.1, 0.15) is 32.6 Å². The fourth-order valence-electron chi connectivity index (χ4n) is 2.59. The molecule has 2 rings (SSSR count). The molecule has 19 heavy (non-hydrogen) atoms. The van der Waals surface area contributed by atoms with Gasteiger partial charge in [0.15, 0.2) is 0 Å². The first-order valence-electron chi connectivity index (χ1n) is 6.60. The topological polar surface area (TPSA) is 105 Å². The number of urea groups is 1. The Labute approximate surface area is 111 Å². The summed E-state index contributed by atoms with van der Waals surface area (Å²) in [5.41, 5.74) is 4.70. The van der Waals surface area contributed by atoms with E-state index in [9.17, 15) is 14.4 Å². The second-order valence-corrected chi connectivity index (χ2v) is 5.43. The highest BCUT2D eigenvalue weighted by atomic mass is 16.2. The summed E-state index contributed by atoms with van der Waals surface area (Å²) in [5.74, 6) is -0.340. The molecule has 2 saturated heterocycles. The number of nitrogens with two attached hydrogens (primary N) is 1. The van der Waals surface area contributed by atoms with Crippen LogP contribution in [0.3, 0.4) is 0 Å². The highest BCUT2D eigenvalue weighted by molar-refractivity contribution is 6.07. The van der Waals surface area contributed by atoms with E-state index in [1.807, 2.05) is 6.92 Å². The Balaban J connectivity index is 1.99. The molecule has 2 fully saturated rings. The number of hydrogen-bond donors (Lipinski definition) is 3. The Morgan fingerprint density at radius 1 is 1.53 bits per heavy atom. The van der Waals surface area contributed by atoms with E-state index in [0.717, 1.165) is 0 Å². The van der Waals surface area contributed by atoms with Gasteiger partial charge in [-0.25, -0.2) is 4.79 Å². The molecule has 2 aliphatic heterocycles. The summed E-state index contributed by atoms with van der Waals surface area (Å²) in [4.78, 5) is 36.8. The molecule has 2 unspecified atom stereocenters. The van der Waals surface area contributed by atoms with Gasteiger partial charge in [0.05, 0.1) is 6.54 Å². The third-order valence-electron chi connectivity index (χ3n) is 3.67. The normalized spacial score (nSPS) is 28.2. The molecule has 0 aromatic rings. The Kier molecular flexibility index (Phi) is 3.75. The van der Waals surface area contributed by atoms with Crippen LogP contribution in [-0.2, 0) is 9.59 Å². The van der Waals surface area contributed by atoms with Crippen LogP contribution in [0.15, 0.2) is 0 Å². The van der Waals surface area contributed by atoms with Crippen molar-refractivity contribution in [3.8, 4) is 0 Å². The van der Waals surface area contributed by atoms with Gasteiger partial charge in [-0.15, -0.1) is 0 Å². The first kappa shape index (κ1) is 13.8. The highest BCUT2D eigenvalue weighted by Gasteiger charge is 2.49. The second kappa shape index (κ2) is 5.16. The molecule has 0 radical (unpaired) electrons. The molecule has 0 aromatic carbocycles. The van der Waals surface area contributed by atoms with Crippen molar-refractivity contribution in [3.63, 3.8) is 0 Å². The van der Waals surface area contributed by atoms with Crippen LogP contribution in [0.4, 0.5) is 4.79 Å². The van der Waals surface area contributed by atoms with E-state index in [2.05, 4.69) is 10.6 Å². The van der Waals surface area contributed by atoms with Gasteiger partial charge in [0.1, 0.15) is 5.54 Å². The van der Waals surface area contributed by atoms with Crippen molar-refractivity contribution in [1.29, 1.82) is 0 Å². The molecule has 2 atom stereocenters. The van der Waals surface area contributed by atoms with Crippen molar-refractivity contribution in [3.05, 3.63) is 0 Å². The summed E-state index contributed by atoms with van der Waals surface area (Å²) < 4.78 is 0. The van der Waals surface area contributed by atoms with Crippen molar-refractivity contribution >= 4 is 17.8 Å². The lowest BCUT2D eigenvalue weighted by Gasteiger charge is -2.38. The van der Waals surface area contributed by atoms with E-state index in [4.69, 9.17) is 5.73 Å². The molecule has 1 spiro atoms. The molecule has 0 aromatic heterocycles. The summed E-state index contributed by atoms with van der Waals surface area (Å²) in [6.45, 7) is 2.74. The molecular weight excluding hydrogens is 248 g/mol. The first-order chi connectivity index (χ1) is 8.93. The summed E-state index contributed by atoms with van der Waals surface area (Å²) in [5, 5.41) is 4.89. The molecule has 0 bridgehead atoms. The molecule has 7 heteroatoms. The summed E-state index contributed by atoms with van der Waals surface area (Å²) in [6.07, 6.45) is 2.28. The quantitative estimate of drug-likeness (QED) is 0.589. The predicted octanol–water partition coefficient (Wildman–Crippen LogP) is -0.686. The SMILES string of the molecule is CC(N)CCC(=O)N1CCCC2(C1)NC(=O)NC2=O. The molecular formula is C12H20N4O3. The molecule has 2 aliphatic rings. The molecule has 0 saturated carbocycles. The standard InChI is InChI=1S/C12H20N4O3/c1-8(13)3-4-9(17)16-6-2-5-12(7-16)10(18)14-11(19)15-12/h8H,2-7,13H2,1H3,(H2,14,15,18,19). The Hall–Kier alpha value is -1.63. The van der Waals surface area contributed by atoms with E-state index in [-0.39, 0.29) is 24.4 Å². The number of likely N-dealkylation sites (tertiary alicyclic amines) is 1. The number of amides is 4. The minimum atomic E-state index is -0.931. The number of nitrogens with one attached hydrogen (secondary N) is 2. The molecule has 2 heterocycles. The van der Waals surface area contributed by atoms with Crippen molar-refractivity contribution in [1.82, 2.24) is 15.5 Å². The van der Waals surface area contributed by atoms with E-state index in [1.165, 1.54) is 0 Å². The second-order valence-electron chi connectivity index (χ2n) is 5.43. The molecule has 106 valence electrons. The van der Waals surface area contributed by atoms with Gasteiger partial charge in [0.25, 0.3) is 5.91 Å². The molecule has 0 aliphatic carbocycles. The molecule has 4 N–H and O–H groups in total. The monoisotopic (exact) mass is 268 g/mol. The Morgan fingerprint density at radius 2 is 2.26 bits per heavy atom. The molecule has 4 amide bonds. The van der Waals surface area contributed by atoms with Crippen molar-refractivity contribution in [2.45, 2.75) is 44.2 Å². The van der Waals surface area contributed by atoms with Gasteiger partial charge in [-0.05, 0) is 26.2 Å². The zero-order valence-corrected chi connectivity index (χ0v) is 11.1. The van der Waals surface area contributed by atoms with E-state index < -0.39 is 11.6 Å². The van der Waals surface area contributed by atoms with Gasteiger partial charge >= 0.3 is 6.03 Å². The number of rotatable bonds is 3. The number of hydrogen-bond acceptors (Lipinski definition) is 4. The number of imide groups is 1. The summed E-state index contributed by atoms with van der Waals surface area (Å²) >= 11 is 0. The number of carbonyl (C=O) groups is 3. The van der Waals surface area contributed by atoms with Crippen molar-refractivity contribution < 1.29 is 14.4 Å². The minimum absolute atomic E-state index is 0.00896. The van der Waals surface area contributed by atoms with Crippen molar-refractivity contribution in [2.75, 3.05) is 13.1 Å². The number of piperidine rings is 1. The zero-order valence-electron chi connectivity index (χ0n) is 11.1. The maximum absolute atomic E-state index is 12.1. The average molecular weight is 268 g/mol. The third-order valence-corrected chi connectivity index (χ3v) is 3.67. The lowest BCUT2D eigenvalue weighted by Crippen LogP contribution is -2.59. The predicted molar refractivity (Wildman–Crippen MR) is 68.1 cm³/mol. The number of carbonyl (C=O) groups excluding carboxylic acids is 3. The van der Waals surface area contributed by atoms with Gasteiger partial charge in [-0.2, -0.15) is 0 Å². The van der Waals surface area contributed by atoms with Crippen LogP contribution in [0.25, 0.3) is 0 Å². The van der Waals surface area contributed by atoms with Gasteiger partial charge in [-0.1, -0.05) is 0 Å². The van der Waals surface area contributed by atoms with E-state index >= 15 is 0 Å². The first-order valence-corrected chi connectivity index (χ1v) is 6.60. The van der Waals surface area contributed by atoms with Crippen LogP contribution in [0.5, 0.6) is 0 Å². The maximum Gasteiger partial charge on any atom is 0.322 e. The number of nitrogens with zero attached hydrogens (tertiary/aromatic N) is 1. The van der Waals surface area contributed by atoms with Gasteiger partial charge in [0.2, 0.25) is 5.91 Å². The highest BCUT2D eigenvalue weighted by Crippen LogP contribution is 2.25. The fourth-order valence-corrected chi connectivity index (χ4v) is 2.59. The third kappa shape index (κ3) is 2.86. The largest absolute Gasteiger partial charge is 0.340 e. The van der Waals surface area contributed by atoms with Crippen LogP contribution < -0.4 is 16.4 Å². The van der Waals surface area contributed by atoms with E-state index in [1.54, 1.807) is 4.90 Å². The van der Waals surface area contributed by atoms with Gasteiger partial charge < -0.3 is 16.0 Å². The van der Waals surface area contributed by atoms with Crippen LogP contribution in [0, 0.1) is 0 Å². The fraction of sp³-hybridized carbons (Fsp3) is 0.750. The molecule has 7 nitrogen and oxygen atoms in total. The minimum Gasteiger partial charge on any atom is -0.340 e. The average Bonchev–Trinajstić information content (AvgIpc) is 2.61. The van der Waals surface area contributed by atoms with Crippen LogP contribution in [0.2, 0.25) is 0 Å². The Morgan fingerprint density at radius 3 is 2.84 bits per heavy atom. The zero-order chi connectivity index (χ0) is 14.0. The summed E-state index contributed by atoms with van der Waals surface area (Å²) in [6, 6.07) is -0.493. The Bertz CT molecular complexity index is 410. The lowest BCUT2D eigenvalue weighted by atomic mass is 9.89. The smallest absolute Gasteiger partial charge is 0.322 e. The van der Waals surface area contributed by atoms with Crippen LogP contribution >= 0.6 is 0 Å². The maximum atomic E-state index is 12.1. The van der Waals surface area contributed by atoms with Gasteiger partial charge in [0, 0.05) is 19.0 Å². The van der Waals surface area contributed by atoms with E-state index in [0.29, 0.717) is 32.2 Å². The van der Waals surface area contributed by atoms with Gasteiger partial charge in [-0.3, -0.25) is 14.9 Å². The summed E-state index contributed by atoms with van der Waals surface area (Å²) in [7, 11) is 0. The van der Waals surface area contributed by atoms with Crippen LogP contribution in [-0.4, -0.2) is 47.4 Å². The lowest BCUT2D eigenvalue weighted by molar-refractivity contribution is -0.136. The van der Waals surface area contributed by atoms with Crippen molar-refractivity contribution in [2.24, 2.45) is 5.73 Å².